The Morgan fingerprint density at radius 3 is 2.79 bits per heavy atom. The molecule has 0 amide bonds. The van der Waals surface area contributed by atoms with Gasteiger partial charge in [0, 0.05) is 24.1 Å². The molecule has 0 radical (unpaired) electrons. The molecule has 0 saturated carbocycles. The minimum Gasteiger partial charge on any atom is -0.507 e. The van der Waals surface area contributed by atoms with E-state index in [-0.39, 0.29) is 23.0 Å². The van der Waals surface area contributed by atoms with Crippen molar-refractivity contribution in [3.05, 3.63) is 69.8 Å². The van der Waals surface area contributed by atoms with Gasteiger partial charge in [0.25, 0.3) is 5.69 Å². The zero-order valence-corrected chi connectivity index (χ0v) is 12.5. The van der Waals surface area contributed by atoms with Crippen molar-refractivity contribution in [3.63, 3.8) is 0 Å². The minimum absolute atomic E-state index is 0.0774. The maximum absolute atomic E-state index is 10.7. The lowest BCUT2D eigenvalue weighted by atomic mass is 10.1. The van der Waals surface area contributed by atoms with Crippen LogP contribution in [0.15, 0.2) is 69.0 Å². The first kappa shape index (κ1) is 15.5. The maximum atomic E-state index is 10.7. The highest BCUT2D eigenvalue weighted by molar-refractivity contribution is 5.87. The molecule has 0 aliphatic carbocycles. The number of phenolic OH excluding ortho intramolecular Hbond substituents is 1. The van der Waals surface area contributed by atoms with Crippen LogP contribution in [0.2, 0.25) is 0 Å². The molecule has 24 heavy (non-hydrogen) atoms. The summed E-state index contributed by atoms with van der Waals surface area (Å²) >= 11 is 0. The second-order valence-corrected chi connectivity index (χ2v) is 5.11. The summed E-state index contributed by atoms with van der Waals surface area (Å²) in [6.07, 6.45) is 1.78. The second kappa shape index (κ2) is 6.78. The number of aromatic hydroxyl groups is 1. The van der Waals surface area contributed by atoms with Gasteiger partial charge in [-0.05, 0) is 11.6 Å². The number of benzene rings is 2. The van der Waals surface area contributed by atoms with Crippen LogP contribution in [0.4, 0.5) is 5.69 Å². The van der Waals surface area contributed by atoms with Crippen LogP contribution in [0.1, 0.15) is 23.6 Å². The van der Waals surface area contributed by atoms with Gasteiger partial charge in [-0.25, -0.2) is 0 Å². The first-order valence-electron chi connectivity index (χ1n) is 7.16. The van der Waals surface area contributed by atoms with Crippen molar-refractivity contribution in [1.82, 2.24) is 0 Å². The highest BCUT2D eigenvalue weighted by Crippen LogP contribution is 2.27. The molecule has 3 rings (SSSR count). The van der Waals surface area contributed by atoms with Crippen LogP contribution in [-0.4, -0.2) is 22.1 Å². The van der Waals surface area contributed by atoms with Gasteiger partial charge in [-0.2, -0.15) is 10.2 Å². The van der Waals surface area contributed by atoms with Crippen molar-refractivity contribution in [2.45, 2.75) is 12.5 Å². The van der Waals surface area contributed by atoms with E-state index in [1.54, 1.807) is 0 Å². The van der Waals surface area contributed by atoms with E-state index in [2.05, 4.69) is 20.4 Å². The first-order valence-corrected chi connectivity index (χ1v) is 7.16. The lowest BCUT2D eigenvalue weighted by Gasteiger charge is -2.02. The number of nitrogens with zero attached hydrogens (tertiary/aromatic N) is 5. The molecule has 120 valence electrons. The van der Waals surface area contributed by atoms with Crippen LogP contribution in [-0.2, 0) is 0 Å². The Morgan fingerprint density at radius 2 is 2.04 bits per heavy atom. The highest BCUT2D eigenvalue weighted by atomic mass is 16.6. The Bertz CT molecular complexity index is 846. The van der Waals surface area contributed by atoms with Crippen LogP contribution < -0.4 is 0 Å². The zero-order valence-electron chi connectivity index (χ0n) is 12.5. The standard InChI is InChI=1S/C16H13N5O3/c22-15-7-6-13(21(23)24)8-12(15)10-17-19-16-9-14(18-20-16)11-4-2-1-3-5-11/h1-8,10,14,22H,9H2/b17-10+,19-16-/t14-/m0/s1. The molecule has 1 heterocycles. The van der Waals surface area contributed by atoms with Crippen molar-refractivity contribution in [2.24, 2.45) is 20.4 Å². The van der Waals surface area contributed by atoms with Gasteiger partial charge >= 0.3 is 0 Å². The Kier molecular flexibility index (Phi) is 4.37. The Morgan fingerprint density at radius 1 is 1.25 bits per heavy atom. The third kappa shape index (κ3) is 3.49. The van der Waals surface area contributed by atoms with E-state index in [4.69, 9.17) is 0 Å². The number of nitro benzene ring substituents is 1. The van der Waals surface area contributed by atoms with Crippen LogP contribution in [0.5, 0.6) is 5.75 Å². The van der Waals surface area contributed by atoms with Gasteiger partial charge in [-0.15, -0.1) is 10.2 Å². The van der Waals surface area contributed by atoms with Crippen LogP contribution >= 0.6 is 0 Å². The topological polar surface area (TPSA) is 113 Å². The van der Waals surface area contributed by atoms with Crippen molar-refractivity contribution >= 4 is 17.7 Å². The molecule has 0 unspecified atom stereocenters. The monoisotopic (exact) mass is 323 g/mol. The van der Waals surface area contributed by atoms with Gasteiger partial charge in [-0.3, -0.25) is 10.1 Å². The summed E-state index contributed by atoms with van der Waals surface area (Å²) in [4.78, 5) is 10.2. The molecule has 1 aliphatic rings. The molecular formula is C16H13N5O3. The van der Waals surface area contributed by atoms with Gasteiger partial charge in [-0.1, -0.05) is 30.3 Å². The summed E-state index contributed by atoms with van der Waals surface area (Å²) in [7, 11) is 0. The van der Waals surface area contributed by atoms with Crippen LogP contribution in [0, 0.1) is 10.1 Å². The average molecular weight is 323 g/mol. The number of hydrogen-bond donors (Lipinski definition) is 1. The maximum Gasteiger partial charge on any atom is 0.270 e. The predicted octanol–water partition coefficient (Wildman–Crippen LogP) is 3.63. The lowest BCUT2D eigenvalue weighted by molar-refractivity contribution is -0.384. The fourth-order valence-electron chi connectivity index (χ4n) is 2.23. The fraction of sp³-hybridized carbons (Fsp3) is 0.125. The predicted molar refractivity (Wildman–Crippen MR) is 88.4 cm³/mol. The fourth-order valence-corrected chi connectivity index (χ4v) is 2.23. The third-order valence-corrected chi connectivity index (χ3v) is 3.46. The molecule has 1 aliphatic heterocycles. The molecule has 2 aromatic carbocycles. The Labute approximate surface area is 137 Å². The molecule has 2 aromatic rings. The van der Waals surface area contributed by atoms with E-state index < -0.39 is 4.92 Å². The molecule has 0 saturated heterocycles. The van der Waals surface area contributed by atoms with Crippen LogP contribution in [0.25, 0.3) is 0 Å². The summed E-state index contributed by atoms with van der Waals surface area (Å²) in [5.41, 5.74) is 1.13. The molecular weight excluding hydrogens is 310 g/mol. The van der Waals surface area contributed by atoms with Crippen molar-refractivity contribution in [2.75, 3.05) is 0 Å². The summed E-state index contributed by atoms with van der Waals surface area (Å²) < 4.78 is 0. The normalized spacial score (nSPS) is 18.5. The summed E-state index contributed by atoms with van der Waals surface area (Å²) in [5, 5.41) is 36.4. The molecule has 8 nitrogen and oxygen atoms in total. The molecule has 0 spiro atoms. The van der Waals surface area contributed by atoms with Crippen LogP contribution in [0.3, 0.4) is 0 Å². The SMILES string of the molecule is O=[N+]([O-])c1ccc(O)c(/C=N/N=C2/C[C@@H](c3ccccc3)N=N2)c1. The largest absolute Gasteiger partial charge is 0.507 e. The summed E-state index contributed by atoms with van der Waals surface area (Å²) in [5.74, 6) is 0.352. The van der Waals surface area contributed by atoms with E-state index >= 15 is 0 Å². The third-order valence-electron chi connectivity index (χ3n) is 3.46. The quantitative estimate of drug-likeness (QED) is 0.526. The first-order chi connectivity index (χ1) is 11.6. The van der Waals surface area contributed by atoms with Gasteiger partial charge in [0.1, 0.15) is 11.8 Å². The lowest BCUT2D eigenvalue weighted by Crippen LogP contribution is -1.95. The van der Waals surface area contributed by atoms with Gasteiger partial charge in [0.2, 0.25) is 0 Å². The average Bonchev–Trinajstić information content (AvgIpc) is 3.06. The number of non-ortho nitro benzene ring substituents is 1. The number of azo groups is 1. The molecule has 1 N–H and O–H groups in total. The minimum atomic E-state index is -0.543. The molecule has 0 aromatic heterocycles. The Balaban J connectivity index is 1.71. The van der Waals surface area contributed by atoms with Crippen molar-refractivity contribution < 1.29 is 10.0 Å². The molecule has 8 heteroatoms. The second-order valence-electron chi connectivity index (χ2n) is 5.11. The molecule has 1 atom stereocenters. The number of rotatable bonds is 4. The zero-order chi connectivity index (χ0) is 16.9. The number of hydrogen-bond acceptors (Lipinski definition) is 6. The Hall–Kier alpha value is -3.42. The number of amidine groups is 1. The molecule has 0 fully saturated rings. The van der Waals surface area contributed by atoms with E-state index in [0.717, 1.165) is 5.56 Å². The van der Waals surface area contributed by atoms with E-state index in [1.165, 1.54) is 24.4 Å². The number of phenols is 1. The molecule has 0 bridgehead atoms. The highest BCUT2D eigenvalue weighted by Gasteiger charge is 2.19. The van der Waals surface area contributed by atoms with E-state index in [0.29, 0.717) is 12.3 Å². The van der Waals surface area contributed by atoms with Crippen molar-refractivity contribution in [1.29, 1.82) is 0 Å². The van der Waals surface area contributed by atoms with Gasteiger partial charge < -0.3 is 5.11 Å². The summed E-state index contributed by atoms with van der Waals surface area (Å²) in [6, 6.07) is 13.3. The van der Waals surface area contributed by atoms with E-state index in [1.807, 2.05) is 30.3 Å². The van der Waals surface area contributed by atoms with Gasteiger partial charge in [0.05, 0.1) is 11.1 Å². The smallest absolute Gasteiger partial charge is 0.270 e. The van der Waals surface area contributed by atoms with Crippen molar-refractivity contribution in [3.8, 4) is 5.75 Å². The van der Waals surface area contributed by atoms with E-state index in [9.17, 15) is 15.2 Å². The van der Waals surface area contributed by atoms with Gasteiger partial charge in [0.15, 0.2) is 5.84 Å². The summed E-state index contributed by atoms with van der Waals surface area (Å²) in [6.45, 7) is 0. The number of nitro groups is 1.